The summed E-state index contributed by atoms with van der Waals surface area (Å²) >= 11 is 0. The summed E-state index contributed by atoms with van der Waals surface area (Å²) in [5.41, 5.74) is 1.81. The number of nitrogens with zero attached hydrogens (tertiary/aromatic N) is 2. The van der Waals surface area contributed by atoms with Gasteiger partial charge in [-0.05, 0) is 39.8 Å². The first-order chi connectivity index (χ1) is 9.76. The number of aromatic nitrogens is 1. The number of rotatable bonds is 4. The van der Waals surface area contributed by atoms with Gasteiger partial charge in [-0.1, -0.05) is 0 Å². The van der Waals surface area contributed by atoms with Gasteiger partial charge < -0.3 is 15.0 Å². The highest BCUT2D eigenvalue weighted by Gasteiger charge is 2.31. The molecule has 0 saturated carbocycles. The molecule has 116 valence electrons. The molecule has 1 amide bonds. The first-order valence-corrected chi connectivity index (χ1v) is 7.39. The third-order valence-electron chi connectivity index (χ3n) is 3.51. The monoisotopic (exact) mass is 291 g/mol. The second-order valence-electron chi connectivity index (χ2n) is 6.66. The van der Waals surface area contributed by atoms with Gasteiger partial charge in [-0.3, -0.25) is 9.78 Å². The molecule has 0 aliphatic carbocycles. The molecule has 5 heteroatoms. The SMILES string of the molecule is Cc1ccc(OC2CCN(C)C2=O)c(CNC(C)(C)C)n1. The zero-order valence-electron chi connectivity index (χ0n) is 13.6. The standard InChI is InChI=1S/C16H25N3O2/c1-11-6-7-13(12(18-11)10-17-16(2,3)4)21-14-8-9-19(5)15(14)20/h6-7,14,17H,8-10H2,1-5H3. The fraction of sp³-hybridized carbons (Fsp3) is 0.625. The lowest BCUT2D eigenvalue weighted by atomic mass is 10.1. The highest BCUT2D eigenvalue weighted by atomic mass is 16.5. The van der Waals surface area contributed by atoms with Crippen molar-refractivity contribution in [1.29, 1.82) is 0 Å². The van der Waals surface area contributed by atoms with Crippen molar-refractivity contribution in [2.24, 2.45) is 0 Å². The number of aryl methyl sites for hydroxylation is 1. The lowest BCUT2D eigenvalue weighted by molar-refractivity contribution is -0.132. The number of amides is 1. The van der Waals surface area contributed by atoms with Crippen LogP contribution in [0.4, 0.5) is 0 Å². The molecule has 1 aliphatic heterocycles. The quantitative estimate of drug-likeness (QED) is 0.920. The van der Waals surface area contributed by atoms with Crippen molar-refractivity contribution in [3.63, 3.8) is 0 Å². The van der Waals surface area contributed by atoms with E-state index in [9.17, 15) is 4.79 Å². The minimum absolute atomic E-state index is 0.00604. The summed E-state index contributed by atoms with van der Waals surface area (Å²) in [5.74, 6) is 0.747. The Balaban J connectivity index is 2.13. The minimum Gasteiger partial charge on any atom is -0.479 e. The lowest BCUT2D eigenvalue weighted by Crippen LogP contribution is -2.36. The first-order valence-electron chi connectivity index (χ1n) is 7.39. The zero-order chi connectivity index (χ0) is 15.6. The van der Waals surface area contributed by atoms with Gasteiger partial charge in [0.05, 0.1) is 5.69 Å². The van der Waals surface area contributed by atoms with Crippen molar-refractivity contribution in [3.05, 3.63) is 23.5 Å². The highest BCUT2D eigenvalue weighted by Crippen LogP contribution is 2.22. The van der Waals surface area contributed by atoms with E-state index in [1.165, 1.54) is 0 Å². The summed E-state index contributed by atoms with van der Waals surface area (Å²) in [6.45, 7) is 9.66. The Hall–Kier alpha value is -1.62. The van der Waals surface area contributed by atoms with Crippen molar-refractivity contribution in [2.45, 2.75) is 52.3 Å². The molecule has 0 spiro atoms. The predicted molar refractivity (Wildman–Crippen MR) is 82.2 cm³/mol. The Kier molecular flexibility index (Phi) is 4.52. The van der Waals surface area contributed by atoms with Crippen LogP contribution in [0.5, 0.6) is 5.75 Å². The molecule has 1 unspecified atom stereocenters. The maximum atomic E-state index is 12.0. The predicted octanol–water partition coefficient (Wildman–Crippen LogP) is 1.89. The normalized spacial score (nSPS) is 19.2. The largest absolute Gasteiger partial charge is 0.479 e. The van der Waals surface area contributed by atoms with Crippen LogP contribution in [0.2, 0.25) is 0 Å². The van der Waals surface area contributed by atoms with Crippen LogP contribution in [-0.2, 0) is 11.3 Å². The summed E-state index contributed by atoms with van der Waals surface area (Å²) < 4.78 is 5.92. The average molecular weight is 291 g/mol. The van der Waals surface area contributed by atoms with Crippen molar-refractivity contribution in [2.75, 3.05) is 13.6 Å². The molecule has 0 aromatic carbocycles. The Labute approximate surface area is 126 Å². The third-order valence-corrected chi connectivity index (χ3v) is 3.51. The second-order valence-corrected chi connectivity index (χ2v) is 6.66. The third kappa shape index (κ3) is 4.17. The number of hydrogen-bond acceptors (Lipinski definition) is 4. The Morgan fingerprint density at radius 1 is 1.43 bits per heavy atom. The van der Waals surface area contributed by atoms with Gasteiger partial charge in [0, 0.05) is 37.8 Å². The van der Waals surface area contributed by atoms with Gasteiger partial charge in [0.25, 0.3) is 5.91 Å². The minimum atomic E-state index is -0.382. The van der Waals surface area contributed by atoms with Crippen LogP contribution in [0, 0.1) is 6.92 Å². The van der Waals surface area contributed by atoms with Gasteiger partial charge in [-0.25, -0.2) is 0 Å². The van der Waals surface area contributed by atoms with E-state index in [2.05, 4.69) is 31.1 Å². The topological polar surface area (TPSA) is 54.5 Å². The lowest BCUT2D eigenvalue weighted by Gasteiger charge is -2.22. The Bertz CT molecular complexity index is 523. The smallest absolute Gasteiger partial charge is 0.263 e. The van der Waals surface area contributed by atoms with Crippen LogP contribution in [0.25, 0.3) is 0 Å². The molecule has 1 N–H and O–H groups in total. The van der Waals surface area contributed by atoms with Crippen molar-refractivity contribution in [3.8, 4) is 5.75 Å². The van der Waals surface area contributed by atoms with E-state index in [0.717, 1.165) is 24.4 Å². The van der Waals surface area contributed by atoms with E-state index < -0.39 is 0 Å². The molecule has 2 heterocycles. The van der Waals surface area contributed by atoms with Gasteiger partial charge in [0.2, 0.25) is 0 Å². The van der Waals surface area contributed by atoms with Crippen molar-refractivity contribution < 1.29 is 9.53 Å². The summed E-state index contributed by atoms with van der Waals surface area (Å²) in [7, 11) is 1.81. The highest BCUT2D eigenvalue weighted by molar-refractivity contribution is 5.83. The summed E-state index contributed by atoms with van der Waals surface area (Å²) in [6.07, 6.45) is 0.350. The first kappa shape index (κ1) is 15.8. The number of carbonyl (C=O) groups is 1. The summed E-state index contributed by atoms with van der Waals surface area (Å²) in [6, 6.07) is 3.83. The second kappa shape index (κ2) is 6.02. The fourth-order valence-corrected chi connectivity index (χ4v) is 2.23. The van der Waals surface area contributed by atoms with Crippen molar-refractivity contribution >= 4 is 5.91 Å². The van der Waals surface area contributed by atoms with Crippen LogP contribution in [0.1, 0.15) is 38.6 Å². The van der Waals surface area contributed by atoms with Crippen LogP contribution < -0.4 is 10.1 Å². The van der Waals surface area contributed by atoms with Crippen LogP contribution in [-0.4, -0.2) is 41.0 Å². The van der Waals surface area contributed by atoms with E-state index in [-0.39, 0.29) is 17.6 Å². The molecule has 1 fully saturated rings. The zero-order valence-corrected chi connectivity index (χ0v) is 13.6. The number of likely N-dealkylation sites (N-methyl/N-ethyl adjacent to an activating group) is 1. The molecule has 2 rings (SSSR count). The summed E-state index contributed by atoms with van der Waals surface area (Å²) in [5, 5.41) is 3.41. The molecule has 1 atom stereocenters. The van der Waals surface area contributed by atoms with Gasteiger partial charge in [-0.15, -0.1) is 0 Å². The van der Waals surface area contributed by atoms with E-state index in [1.807, 2.05) is 19.1 Å². The summed E-state index contributed by atoms with van der Waals surface area (Å²) in [4.78, 5) is 18.2. The number of carbonyl (C=O) groups excluding carboxylic acids is 1. The van der Waals surface area contributed by atoms with E-state index in [4.69, 9.17) is 4.74 Å². The maximum Gasteiger partial charge on any atom is 0.263 e. The number of likely N-dealkylation sites (tertiary alicyclic amines) is 1. The average Bonchev–Trinajstić information content (AvgIpc) is 2.70. The molecule has 1 aromatic rings. The maximum absolute atomic E-state index is 12.0. The van der Waals surface area contributed by atoms with Gasteiger partial charge in [0.1, 0.15) is 5.75 Å². The fourth-order valence-electron chi connectivity index (χ4n) is 2.23. The van der Waals surface area contributed by atoms with E-state index >= 15 is 0 Å². The molecule has 0 bridgehead atoms. The Morgan fingerprint density at radius 3 is 2.71 bits per heavy atom. The van der Waals surface area contributed by atoms with Gasteiger partial charge in [0.15, 0.2) is 6.10 Å². The van der Waals surface area contributed by atoms with Crippen LogP contribution >= 0.6 is 0 Å². The van der Waals surface area contributed by atoms with Gasteiger partial charge in [-0.2, -0.15) is 0 Å². The van der Waals surface area contributed by atoms with Crippen LogP contribution in [0.3, 0.4) is 0 Å². The van der Waals surface area contributed by atoms with E-state index in [0.29, 0.717) is 12.3 Å². The molecule has 21 heavy (non-hydrogen) atoms. The number of hydrogen-bond donors (Lipinski definition) is 1. The van der Waals surface area contributed by atoms with Gasteiger partial charge >= 0.3 is 0 Å². The molecule has 0 radical (unpaired) electrons. The Morgan fingerprint density at radius 2 is 2.14 bits per heavy atom. The molecule has 1 aromatic heterocycles. The van der Waals surface area contributed by atoms with Crippen molar-refractivity contribution in [1.82, 2.24) is 15.2 Å². The van der Waals surface area contributed by atoms with Crippen LogP contribution in [0.15, 0.2) is 12.1 Å². The molecular weight excluding hydrogens is 266 g/mol. The molecule has 1 saturated heterocycles. The molecule has 1 aliphatic rings. The number of nitrogens with one attached hydrogen (secondary N) is 1. The molecular formula is C16H25N3O2. The van der Waals surface area contributed by atoms with E-state index in [1.54, 1.807) is 11.9 Å². The number of ether oxygens (including phenoxy) is 1. The molecule has 5 nitrogen and oxygen atoms in total. The number of pyridine rings is 1.